The summed E-state index contributed by atoms with van der Waals surface area (Å²) in [6.45, 7) is 1.93. The molecule has 4 rings (SSSR count). The Morgan fingerprint density at radius 2 is 1.93 bits per heavy atom. The summed E-state index contributed by atoms with van der Waals surface area (Å²) in [5, 5.41) is 14.3. The monoisotopic (exact) mass is 423 g/mol. The van der Waals surface area contributed by atoms with Gasteiger partial charge in [0.25, 0.3) is 0 Å². The number of anilines is 1. The molecule has 8 heteroatoms. The number of rotatable bonds is 5. The third-order valence-electron chi connectivity index (χ3n) is 4.86. The van der Waals surface area contributed by atoms with Crippen LogP contribution in [0.25, 0.3) is 11.3 Å². The Kier molecular flexibility index (Phi) is 5.83. The molecule has 1 aromatic heterocycles. The lowest BCUT2D eigenvalue weighted by atomic mass is 10.1. The van der Waals surface area contributed by atoms with Crippen molar-refractivity contribution < 1.29 is 9.59 Å². The Morgan fingerprint density at radius 1 is 1.20 bits per heavy atom. The van der Waals surface area contributed by atoms with Gasteiger partial charge in [0.15, 0.2) is 6.29 Å². The van der Waals surface area contributed by atoms with Gasteiger partial charge in [-0.1, -0.05) is 60.1 Å². The van der Waals surface area contributed by atoms with Crippen molar-refractivity contribution in [2.24, 2.45) is 0 Å². The smallest absolute Gasteiger partial charge is 0.229 e. The molecule has 3 aromatic rings. The molecule has 2 unspecified atom stereocenters. The summed E-state index contributed by atoms with van der Waals surface area (Å²) in [6.07, 6.45) is -0.0431. The van der Waals surface area contributed by atoms with Gasteiger partial charge in [-0.2, -0.15) is 5.10 Å². The maximum absolute atomic E-state index is 12.7. The molecule has 0 radical (unpaired) electrons. The van der Waals surface area contributed by atoms with Gasteiger partial charge in [0.2, 0.25) is 11.8 Å². The first-order chi connectivity index (χ1) is 14.5. The summed E-state index contributed by atoms with van der Waals surface area (Å²) in [5.74, 6) is 0.188. The Hall–Kier alpha value is -3.16. The number of carbonyl (C=O) groups excluding carboxylic acids is 2. The van der Waals surface area contributed by atoms with E-state index in [1.165, 1.54) is 0 Å². The molecular formula is C22H22ClN5O2. The maximum Gasteiger partial charge on any atom is 0.229 e. The van der Waals surface area contributed by atoms with E-state index < -0.39 is 6.29 Å². The molecule has 154 valence electrons. The van der Waals surface area contributed by atoms with Gasteiger partial charge in [0.05, 0.1) is 12.1 Å². The molecule has 1 saturated heterocycles. The second-order valence-corrected chi connectivity index (χ2v) is 7.69. The van der Waals surface area contributed by atoms with Crippen LogP contribution in [0.15, 0.2) is 60.7 Å². The van der Waals surface area contributed by atoms with E-state index in [9.17, 15) is 9.59 Å². The summed E-state index contributed by atoms with van der Waals surface area (Å²) in [5.41, 5.74) is 2.34. The van der Waals surface area contributed by atoms with Crippen molar-refractivity contribution in [3.63, 3.8) is 0 Å². The van der Waals surface area contributed by atoms with E-state index in [2.05, 4.69) is 21.0 Å². The molecule has 3 N–H and O–H groups in total. The summed E-state index contributed by atoms with van der Waals surface area (Å²) in [7, 11) is 0. The van der Waals surface area contributed by atoms with Crippen LogP contribution in [0.4, 0.5) is 5.82 Å². The summed E-state index contributed by atoms with van der Waals surface area (Å²) < 4.78 is 1.60. The van der Waals surface area contributed by atoms with Gasteiger partial charge >= 0.3 is 0 Å². The van der Waals surface area contributed by atoms with Crippen LogP contribution >= 0.6 is 11.6 Å². The molecule has 0 bridgehead atoms. The predicted octanol–water partition coefficient (Wildman–Crippen LogP) is 3.34. The van der Waals surface area contributed by atoms with Crippen LogP contribution in [0, 0.1) is 0 Å². The number of nitrogens with zero attached hydrogens (tertiary/aromatic N) is 2. The van der Waals surface area contributed by atoms with Gasteiger partial charge in [-0.15, -0.1) is 0 Å². The van der Waals surface area contributed by atoms with Crippen LogP contribution in [0.5, 0.6) is 0 Å². The first-order valence-electron chi connectivity index (χ1n) is 9.73. The lowest BCUT2D eigenvalue weighted by Crippen LogP contribution is -2.52. The topological polar surface area (TPSA) is 88.1 Å². The van der Waals surface area contributed by atoms with Crippen molar-refractivity contribution in [2.45, 2.75) is 32.1 Å². The molecule has 1 aliphatic heterocycles. The Bertz CT molecular complexity index is 1070. The highest BCUT2D eigenvalue weighted by Gasteiger charge is 2.27. The molecular weight excluding hydrogens is 402 g/mol. The van der Waals surface area contributed by atoms with E-state index in [1.807, 2.05) is 55.5 Å². The summed E-state index contributed by atoms with van der Waals surface area (Å²) in [4.78, 5) is 24.8. The van der Waals surface area contributed by atoms with Gasteiger partial charge in [-0.25, -0.2) is 4.68 Å². The number of halogens is 1. The number of carbonyl (C=O) groups is 2. The lowest BCUT2D eigenvalue weighted by molar-refractivity contribution is -0.125. The van der Waals surface area contributed by atoms with Gasteiger partial charge in [0, 0.05) is 29.1 Å². The molecule has 0 saturated carbocycles. The minimum absolute atomic E-state index is 0.0141. The fourth-order valence-corrected chi connectivity index (χ4v) is 3.63. The molecule has 2 atom stereocenters. The molecule has 2 amide bonds. The van der Waals surface area contributed by atoms with E-state index in [4.69, 9.17) is 11.6 Å². The number of aromatic nitrogens is 2. The largest absolute Gasteiger partial charge is 0.322 e. The fourth-order valence-electron chi connectivity index (χ4n) is 3.43. The molecule has 7 nitrogen and oxygen atoms in total. The van der Waals surface area contributed by atoms with Crippen molar-refractivity contribution in [3.05, 3.63) is 71.2 Å². The fraction of sp³-hybridized carbons (Fsp3) is 0.227. The standard InChI is InChI=1S/C22H22ClN5O2/c1-14-11-20(29)26-22(24-14)28-19(13-18(27-28)15-7-3-2-4-8-15)25-21(30)12-16-9-5-6-10-17(16)23/h2-10,13-14,22,24H,11-12H2,1H3,(H,25,30)(H,26,29). The predicted molar refractivity (Wildman–Crippen MR) is 116 cm³/mol. The van der Waals surface area contributed by atoms with Crippen molar-refractivity contribution in [3.8, 4) is 11.3 Å². The maximum atomic E-state index is 12.7. The number of hydrogen-bond donors (Lipinski definition) is 3. The molecule has 0 spiro atoms. The quantitative estimate of drug-likeness (QED) is 0.587. The number of nitrogens with one attached hydrogen (secondary N) is 3. The van der Waals surface area contributed by atoms with E-state index in [0.29, 0.717) is 23.0 Å². The van der Waals surface area contributed by atoms with Crippen LogP contribution in [0.1, 0.15) is 25.2 Å². The van der Waals surface area contributed by atoms with Crippen molar-refractivity contribution >= 4 is 29.2 Å². The SMILES string of the molecule is CC1CC(=O)NC(n2nc(-c3ccccc3)cc2NC(=O)Cc2ccccc2Cl)N1. The van der Waals surface area contributed by atoms with Gasteiger partial charge in [-0.3, -0.25) is 14.9 Å². The third-order valence-corrected chi connectivity index (χ3v) is 5.23. The van der Waals surface area contributed by atoms with Crippen LogP contribution in [0.3, 0.4) is 0 Å². The van der Waals surface area contributed by atoms with Crippen LogP contribution in [-0.4, -0.2) is 27.6 Å². The number of hydrogen-bond acceptors (Lipinski definition) is 4. The van der Waals surface area contributed by atoms with E-state index in [0.717, 1.165) is 11.1 Å². The van der Waals surface area contributed by atoms with Crippen LogP contribution in [0.2, 0.25) is 5.02 Å². The third kappa shape index (κ3) is 4.53. The highest BCUT2D eigenvalue weighted by atomic mass is 35.5. The molecule has 0 aliphatic carbocycles. The van der Waals surface area contributed by atoms with E-state index in [-0.39, 0.29) is 24.3 Å². The average Bonchev–Trinajstić information content (AvgIpc) is 3.13. The molecule has 2 heterocycles. The number of amides is 2. The van der Waals surface area contributed by atoms with E-state index >= 15 is 0 Å². The van der Waals surface area contributed by atoms with Gasteiger partial charge in [0.1, 0.15) is 5.82 Å². The highest BCUT2D eigenvalue weighted by Crippen LogP contribution is 2.25. The first kappa shape index (κ1) is 20.1. The second kappa shape index (κ2) is 8.69. The van der Waals surface area contributed by atoms with Crippen LogP contribution < -0.4 is 16.0 Å². The normalized spacial score (nSPS) is 18.7. The summed E-state index contributed by atoms with van der Waals surface area (Å²) in [6, 6.07) is 18.7. The minimum atomic E-state index is -0.561. The summed E-state index contributed by atoms with van der Waals surface area (Å²) >= 11 is 6.19. The highest BCUT2D eigenvalue weighted by molar-refractivity contribution is 6.31. The molecule has 1 aliphatic rings. The van der Waals surface area contributed by atoms with Crippen molar-refractivity contribution in [1.82, 2.24) is 20.4 Å². The Balaban J connectivity index is 1.63. The van der Waals surface area contributed by atoms with Gasteiger partial charge < -0.3 is 10.6 Å². The minimum Gasteiger partial charge on any atom is -0.322 e. The van der Waals surface area contributed by atoms with Crippen molar-refractivity contribution in [1.29, 1.82) is 0 Å². The lowest BCUT2D eigenvalue weighted by Gasteiger charge is -2.30. The average molecular weight is 424 g/mol. The molecule has 1 fully saturated rings. The zero-order chi connectivity index (χ0) is 21.1. The molecule has 30 heavy (non-hydrogen) atoms. The number of benzene rings is 2. The Morgan fingerprint density at radius 3 is 2.67 bits per heavy atom. The van der Waals surface area contributed by atoms with E-state index in [1.54, 1.807) is 16.8 Å². The molecule has 2 aromatic carbocycles. The zero-order valence-corrected chi connectivity index (χ0v) is 17.2. The van der Waals surface area contributed by atoms with Crippen LogP contribution in [-0.2, 0) is 16.0 Å². The Labute approximate surface area is 179 Å². The second-order valence-electron chi connectivity index (χ2n) is 7.28. The zero-order valence-electron chi connectivity index (χ0n) is 16.4. The van der Waals surface area contributed by atoms with Gasteiger partial charge in [-0.05, 0) is 18.6 Å². The van der Waals surface area contributed by atoms with Crippen molar-refractivity contribution in [2.75, 3.05) is 5.32 Å². The first-order valence-corrected chi connectivity index (χ1v) is 10.1.